The normalized spacial score (nSPS) is 28.8. The quantitative estimate of drug-likeness (QED) is 0.847. The van der Waals surface area contributed by atoms with Crippen molar-refractivity contribution < 1.29 is 14.6 Å². The molecule has 3 rings (SSSR count). The third kappa shape index (κ3) is 3.10. The molecule has 2 saturated heterocycles. The molecule has 3 heterocycles. The van der Waals surface area contributed by atoms with Crippen LogP contribution in [0.3, 0.4) is 0 Å². The summed E-state index contributed by atoms with van der Waals surface area (Å²) < 4.78 is 6.56. The van der Waals surface area contributed by atoms with Gasteiger partial charge in [-0.05, 0) is 31.2 Å². The zero-order valence-electron chi connectivity index (χ0n) is 14.3. The summed E-state index contributed by atoms with van der Waals surface area (Å²) in [6.07, 6.45) is 2.31. The van der Waals surface area contributed by atoms with Gasteiger partial charge in [-0.3, -0.25) is 9.59 Å². The fraction of sp³-hybridized carbons (Fsp3) is 0.706. The molecule has 24 heavy (non-hydrogen) atoms. The van der Waals surface area contributed by atoms with Crippen molar-refractivity contribution in [3.8, 4) is 0 Å². The second kappa shape index (κ2) is 6.64. The zero-order chi connectivity index (χ0) is 17.3. The monoisotopic (exact) mass is 335 g/mol. The van der Waals surface area contributed by atoms with E-state index in [0.717, 1.165) is 12.8 Å². The minimum atomic E-state index is -0.739. The zero-order valence-corrected chi connectivity index (χ0v) is 14.3. The second-order valence-corrected chi connectivity index (χ2v) is 6.96. The number of nitrogens with zero attached hydrogens (tertiary/aromatic N) is 3. The first kappa shape index (κ1) is 17.1. The van der Waals surface area contributed by atoms with Gasteiger partial charge in [-0.2, -0.15) is 5.10 Å². The summed E-state index contributed by atoms with van der Waals surface area (Å²) in [6.45, 7) is 4.40. The number of rotatable bonds is 2. The smallest absolute Gasteiger partial charge is 0.274 e. The maximum Gasteiger partial charge on any atom is 0.274 e. The molecule has 132 valence electrons. The Morgan fingerprint density at radius 3 is 2.71 bits per heavy atom. The van der Waals surface area contributed by atoms with E-state index in [1.165, 1.54) is 23.9 Å². The molecule has 0 spiro atoms. The number of amides is 1. The maximum absolute atomic E-state index is 12.6. The van der Waals surface area contributed by atoms with Gasteiger partial charge in [0.15, 0.2) is 0 Å². The van der Waals surface area contributed by atoms with Gasteiger partial charge in [0.2, 0.25) is 0 Å². The van der Waals surface area contributed by atoms with Gasteiger partial charge >= 0.3 is 0 Å². The molecule has 7 heteroatoms. The third-order valence-corrected chi connectivity index (χ3v) is 5.52. The van der Waals surface area contributed by atoms with E-state index in [-0.39, 0.29) is 29.0 Å². The summed E-state index contributed by atoms with van der Waals surface area (Å²) >= 11 is 0. The Balaban J connectivity index is 1.71. The molecule has 0 bridgehead atoms. The molecule has 0 saturated carbocycles. The molecule has 0 aliphatic carbocycles. The lowest BCUT2D eigenvalue weighted by atomic mass is 9.70. The third-order valence-electron chi connectivity index (χ3n) is 5.52. The molecule has 2 aliphatic heterocycles. The van der Waals surface area contributed by atoms with Crippen molar-refractivity contribution in [2.24, 2.45) is 18.9 Å². The number of carbonyl (C=O) groups excluding carboxylic acids is 1. The predicted octanol–water partition coefficient (Wildman–Crippen LogP) is 0.420. The van der Waals surface area contributed by atoms with Gasteiger partial charge in [0.25, 0.3) is 11.5 Å². The van der Waals surface area contributed by atoms with Crippen molar-refractivity contribution in [3.63, 3.8) is 0 Å². The number of hydrogen-bond donors (Lipinski definition) is 1. The number of hydrogen-bond acceptors (Lipinski definition) is 5. The Morgan fingerprint density at radius 2 is 2.08 bits per heavy atom. The summed E-state index contributed by atoms with van der Waals surface area (Å²) in [4.78, 5) is 25.8. The number of ether oxygens (including phenoxy) is 1. The number of aryl methyl sites for hydroxylation is 1. The number of carbonyl (C=O) groups is 1. The average molecular weight is 335 g/mol. The SMILES string of the molecule is CC1CN(C(=O)c2ccc(=O)n(C)n2)CCC1(O)C1CCOCC1. The largest absolute Gasteiger partial charge is 0.389 e. The van der Waals surface area contributed by atoms with Gasteiger partial charge in [-0.25, -0.2) is 4.68 Å². The van der Waals surface area contributed by atoms with Crippen LogP contribution in [0, 0.1) is 11.8 Å². The lowest BCUT2D eigenvalue weighted by molar-refractivity contribution is -0.125. The minimum absolute atomic E-state index is 0.00849. The number of likely N-dealkylation sites (tertiary alicyclic amines) is 1. The Labute approximate surface area is 141 Å². The van der Waals surface area contributed by atoms with Gasteiger partial charge in [0.05, 0.1) is 5.60 Å². The lowest BCUT2D eigenvalue weighted by Crippen LogP contribution is -2.57. The Kier molecular flexibility index (Phi) is 4.73. The summed E-state index contributed by atoms with van der Waals surface area (Å²) in [5.41, 5.74) is -0.717. The van der Waals surface area contributed by atoms with Crippen LogP contribution in [0.4, 0.5) is 0 Å². The van der Waals surface area contributed by atoms with Crippen LogP contribution in [0.1, 0.15) is 36.7 Å². The van der Waals surface area contributed by atoms with Gasteiger partial charge in [-0.1, -0.05) is 6.92 Å². The van der Waals surface area contributed by atoms with E-state index in [9.17, 15) is 14.7 Å². The minimum Gasteiger partial charge on any atom is -0.389 e. The first-order valence-corrected chi connectivity index (χ1v) is 8.55. The average Bonchev–Trinajstić information content (AvgIpc) is 2.60. The number of aromatic nitrogens is 2. The van der Waals surface area contributed by atoms with Crippen molar-refractivity contribution in [1.29, 1.82) is 0 Å². The first-order valence-electron chi connectivity index (χ1n) is 8.55. The summed E-state index contributed by atoms with van der Waals surface area (Å²) in [5, 5.41) is 15.2. The van der Waals surface area contributed by atoms with E-state index in [2.05, 4.69) is 5.10 Å². The Morgan fingerprint density at radius 1 is 1.38 bits per heavy atom. The molecule has 1 aromatic heterocycles. The van der Waals surface area contributed by atoms with Crippen LogP contribution in [-0.4, -0.2) is 57.6 Å². The molecule has 1 aromatic rings. The van der Waals surface area contributed by atoms with Crippen molar-refractivity contribution in [3.05, 3.63) is 28.2 Å². The molecular weight excluding hydrogens is 310 g/mol. The molecule has 7 nitrogen and oxygen atoms in total. The fourth-order valence-electron chi connectivity index (χ4n) is 3.91. The van der Waals surface area contributed by atoms with E-state index in [0.29, 0.717) is 32.7 Å². The molecular formula is C17H25N3O4. The molecule has 2 unspecified atom stereocenters. The van der Waals surface area contributed by atoms with Crippen LogP contribution >= 0.6 is 0 Å². The van der Waals surface area contributed by atoms with Crippen molar-refractivity contribution in [2.75, 3.05) is 26.3 Å². The highest BCUT2D eigenvalue weighted by molar-refractivity contribution is 5.92. The van der Waals surface area contributed by atoms with Crippen molar-refractivity contribution >= 4 is 5.91 Å². The molecule has 2 fully saturated rings. The Hall–Kier alpha value is -1.73. The Bertz CT molecular complexity index is 668. The van der Waals surface area contributed by atoms with Crippen molar-refractivity contribution in [2.45, 2.75) is 31.8 Å². The molecule has 0 radical (unpaired) electrons. The summed E-state index contributed by atoms with van der Waals surface area (Å²) in [5.74, 6) is 0.0338. The fourth-order valence-corrected chi connectivity index (χ4v) is 3.91. The molecule has 1 N–H and O–H groups in total. The highest BCUT2D eigenvalue weighted by Crippen LogP contribution is 2.39. The van der Waals surface area contributed by atoms with Crippen molar-refractivity contribution in [1.82, 2.24) is 14.7 Å². The second-order valence-electron chi connectivity index (χ2n) is 6.96. The molecule has 1 amide bonds. The molecule has 2 atom stereocenters. The van der Waals surface area contributed by atoms with E-state index >= 15 is 0 Å². The van der Waals surface area contributed by atoms with E-state index in [4.69, 9.17) is 4.74 Å². The van der Waals surface area contributed by atoms with E-state index in [1.807, 2.05) is 6.92 Å². The highest BCUT2D eigenvalue weighted by Gasteiger charge is 2.46. The standard InChI is InChI=1S/C17H25N3O4/c1-12-11-20(16(22)14-3-4-15(21)19(2)18-14)8-7-17(12,23)13-5-9-24-10-6-13/h3-4,12-13,23H,5-11H2,1-2H3. The van der Waals surface area contributed by atoms with Crippen LogP contribution in [0.2, 0.25) is 0 Å². The number of piperidine rings is 1. The van der Waals surface area contributed by atoms with Gasteiger partial charge < -0.3 is 14.7 Å². The molecule has 2 aliphatic rings. The van der Waals surface area contributed by atoms with E-state index < -0.39 is 5.60 Å². The van der Waals surface area contributed by atoms with Crippen LogP contribution in [0.5, 0.6) is 0 Å². The van der Waals surface area contributed by atoms with Gasteiger partial charge in [-0.15, -0.1) is 0 Å². The van der Waals surface area contributed by atoms with Crippen LogP contribution in [0.25, 0.3) is 0 Å². The highest BCUT2D eigenvalue weighted by atomic mass is 16.5. The lowest BCUT2D eigenvalue weighted by Gasteiger charge is -2.48. The van der Waals surface area contributed by atoms with Gasteiger partial charge in [0.1, 0.15) is 5.69 Å². The van der Waals surface area contributed by atoms with Crippen LogP contribution < -0.4 is 5.56 Å². The van der Waals surface area contributed by atoms with Crippen LogP contribution in [0.15, 0.2) is 16.9 Å². The van der Waals surface area contributed by atoms with Crippen LogP contribution in [-0.2, 0) is 11.8 Å². The first-order chi connectivity index (χ1) is 11.4. The number of aliphatic hydroxyl groups is 1. The summed E-state index contributed by atoms with van der Waals surface area (Å²) in [6, 6.07) is 2.82. The predicted molar refractivity (Wildman–Crippen MR) is 87.7 cm³/mol. The topological polar surface area (TPSA) is 84.7 Å². The van der Waals surface area contributed by atoms with Gasteiger partial charge in [0, 0.05) is 45.3 Å². The summed E-state index contributed by atoms with van der Waals surface area (Å²) in [7, 11) is 1.53. The maximum atomic E-state index is 12.6. The molecule has 0 aromatic carbocycles. The van der Waals surface area contributed by atoms with E-state index in [1.54, 1.807) is 4.90 Å².